The molecule has 0 radical (unpaired) electrons. The molecular formula is C38H40. The average Bonchev–Trinajstić information content (AvgIpc) is 2.95. The summed E-state index contributed by atoms with van der Waals surface area (Å²) in [7, 11) is 0. The van der Waals surface area contributed by atoms with Crippen molar-refractivity contribution in [2.75, 3.05) is 0 Å². The van der Waals surface area contributed by atoms with Gasteiger partial charge in [-0.15, -0.1) is 0 Å². The first kappa shape index (κ1) is 24.9. The first-order valence-corrected chi connectivity index (χ1v) is 14.6. The molecule has 0 aliphatic heterocycles. The van der Waals surface area contributed by atoms with Crippen molar-refractivity contribution in [2.45, 2.75) is 65.2 Å². The second-order valence-electron chi connectivity index (χ2n) is 11.9. The van der Waals surface area contributed by atoms with E-state index in [0.717, 1.165) is 0 Å². The lowest BCUT2D eigenvalue weighted by atomic mass is 9.61. The number of hydrogen-bond donors (Lipinski definition) is 0. The smallest absolute Gasteiger partial charge is 0.00573 e. The van der Waals surface area contributed by atoms with Gasteiger partial charge in [-0.3, -0.25) is 0 Å². The fourth-order valence-electron chi connectivity index (χ4n) is 7.16. The van der Waals surface area contributed by atoms with Gasteiger partial charge in [0.15, 0.2) is 0 Å². The molecule has 0 saturated carbocycles. The van der Waals surface area contributed by atoms with Gasteiger partial charge >= 0.3 is 0 Å². The molecule has 4 unspecified atom stereocenters. The maximum Gasteiger partial charge on any atom is 0.00573 e. The number of hydrogen-bond acceptors (Lipinski definition) is 0. The highest BCUT2D eigenvalue weighted by Gasteiger charge is 2.38. The molecule has 0 nitrogen and oxygen atoms in total. The van der Waals surface area contributed by atoms with Gasteiger partial charge < -0.3 is 0 Å². The highest BCUT2D eigenvalue weighted by Crippen LogP contribution is 2.54. The predicted molar refractivity (Wildman–Crippen MR) is 163 cm³/mol. The zero-order valence-corrected chi connectivity index (χ0v) is 23.4. The quantitative estimate of drug-likeness (QED) is 0.246. The van der Waals surface area contributed by atoms with Crippen molar-refractivity contribution < 1.29 is 0 Å². The van der Waals surface area contributed by atoms with Crippen LogP contribution in [0, 0.1) is 25.7 Å². The van der Waals surface area contributed by atoms with Gasteiger partial charge in [0.25, 0.3) is 0 Å². The lowest BCUT2D eigenvalue weighted by Gasteiger charge is -2.43. The topological polar surface area (TPSA) is 0 Å². The Morgan fingerprint density at radius 1 is 0.395 bits per heavy atom. The SMILES string of the molecule is Cc1ccc(-c2ccc(C3CCC(C)C4=C3C(c3ccc(-c5ccc(C)cc5)cc3)CCC4C)cc2)cc1. The molecule has 0 bridgehead atoms. The van der Waals surface area contributed by atoms with Gasteiger partial charge in [-0.05, 0) is 84.7 Å². The molecule has 2 aliphatic carbocycles. The highest BCUT2D eigenvalue weighted by atomic mass is 14.4. The minimum Gasteiger partial charge on any atom is -0.0641 e. The van der Waals surface area contributed by atoms with Gasteiger partial charge in [-0.1, -0.05) is 133 Å². The van der Waals surface area contributed by atoms with Crippen molar-refractivity contribution in [3.8, 4) is 22.3 Å². The van der Waals surface area contributed by atoms with Gasteiger partial charge in [0.05, 0.1) is 0 Å². The molecule has 0 heteroatoms. The Morgan fingerprint density at radius 2 is 0.711 bits per heavy atom. The van der Waals surface area contributed by atoms with Crippen molar-refractivity contribution in [3.05, 3.63) is 130 Å². The van der Waals surface area contributed by atoms with Crippen LogP contribution >= 0.6 is 0 Å². The number of allylic oxidation sites excluding steroid dienone is 2. The second kappa shape index (κ2) is 10.4. The minimum absolute atomic E-state index is 0.526. The Morgan fingerprint density at radius 3 is 1.05 bits per heavy atom. The number of benzene rings is 4. The molecule has 0 N–H and O–H groups in total. The molecule has 4 aromatic carbocycles. The van der Waals surface area contributed by atoms with Crippen LogP contribution in [-0.2, 0) is 0 Å². The summed E-state index contributed by atoms with van der Waals surface area (Å²) in [6.45, 7) is 9.26. The summed E-state index contributed by atoms with van der Waals surface area (Å²) in [6.07, 6.45) is 5.11. The average molecular weight is 497 g/mol. The molecule has 0 spiro atoms. The van der Waals surface area contributed by atoms with Crippen LogP contribution < -0.4 is 0 Å². The van der Waals surface area contributed by atoms with Crippen molar-refractivity contribution in [1.82, 2.24) is 0 Å². The molecule has 4 atom stereocenters. The predicted octanol–water partition coefficient (Wildman–Crippen LogP) is 10.7. The summed E-state index contributed by atoms with van der Waals surface area (Å²) >= 11 is 0. The van der Waals surface area contributed by atoms with Crippen LogP contribution in [0.5, 0.6) is 0 Å². The maximum absolute atomic E-state index is 2.48. The first-order valence-electron chi connectivity index (χ1n) is 14.6. The summed E-state index contributed by atoms with van der Waals surface area (Å²) in [5.74, 6) is 2.44. The van der Waals surface area contributed by atoms with Crippen molar-refractivity contribution in [3.63, 3.8) is 0 Å². The molecule has 192 valence electrons. The van der Waals surface area contributed by atoms with Crippen LogP contribution in [0.4, 0.5) is 0 Å². The van der Waals surface area contributed by atoms with E-state index in [2.05, 4.69) is 125 Å². The summed E-state index contributed by atoms with van der Waals surface area (Å²) in [4.78, 5) is 0. The van der Waals surface area contributed by atoms with E-state index < -0.39 is 0 Å². The molecular weight excluding hydrogens is 456 g/mol. The molecule has 0 saturated heterocycles. The molecule has 0 aromatic heterocycles. The number of rotatable bonds is 4. The first-order chi connectivity index (χ1) is 18.5. The molecule has 2 aliphatic rings. The molecule has 0 fully saturated rings. The van der Waals surface area contributed by atoms with Gasteiger partial charge in [0.2, 0.25) is 0 Å². The second-order valence-corrected chi connectivity index (χ2v) is 11.9. The molecule has 4 aromatic rings. The number of aryl methyl sites for hydroxylation is 2. The lowest BCUT2D eigenvalue weighted by molar-refractivity contribution is 0.369. The van der Waals surface area contributed by atoms with E-state index in [1.54, 1.807) is 11.1 Å². The van der Waals surface area contributed by atoms with Crippen molar-refractivity contribution >= 4 is 0 Å². The van der Waals surface area contributed by atoms with Crippen LogP contribution in [0.15, 0.2) is 108 Å². The monoisotopic (exact) mass is 496 g/mol. The van der Waals surface area contributed by atoms with Gasteiger partial charge in [0, 0.05) is 11.8 Å². The lowest BCUT2D eigenvalue weighted by Crippen LogP contribution is -2.28. The van der Waals surface area contributed by atoms with Crippen molar-refractivity contribution in [2.24, 2.45) is 11.8 Å². The van der Waals surface area contributed by atoms with Gasteiger partial charge in [0.1, 0.15) is 0 Å². The summed E-state index contributed by atoms with van der Waals surface area (Å²) < 4.78 is 0. The van der Waals surface area contributed by atoms with E-state index >= 15 is 0 Å². The Balaban J connectivity index is 1.34. The van der Waals surface area contributed by atoms with E-state index in [9.17, 15) is 0 Å². The fourth-order valence-corrected chi connectivity index (χ4v) is 7.16. The third-order valence-electron chi connectivity index (χ3n) is 9.32. The summed E-state index contributed by atoms with van der Waals surface area (Å²) in [5.41, 5.74) is 14.4. The highest BCUT2D eigenvalue weighted by molar-refractivity contribution is 5.65. The van der Waals surface area contributed by atoms with E-state index in [1.165, 1.54) is 70.2 Å². The Hall–Kier alpha value is -3.38. The standard InChI is InChI=1S/C38H40/c1-25-5-11-29(12-6-25)31-15-19-33(20-16-31)35-23-9-27(3)37-28(4)10-24-36(38(35)37)34-21-17-32(18-22-34)30-13-7-26(2)8-14-30/h5-8,11-22,27-28,35-36H,9-10,23-24H2,1-4H3. The Kier molecular flexibility index (Phi) is 6.83. The van der Waals surface area contributed by atoms with Crippen LogP contribution in [0.2, 0.25) is 0 Å². The molecule has 6 rings (SSSR count). The van der Waals surface area contributed by atoms with E-state index in [1.807, 2.05) is 0 Å². The molecule has 0 heterocycles. The third kappa shape index (κ3) is 4.78. The van der Waals surface area contributed by atoms with E-state index in [4.69, 9.17) is 0 Å². The third-order valence-corrected chi connectivity index (χ3v) is 9.32. The van der Waals surface area contributed by atoms with Gasteiger partial charge in [-0.2, -0.15) is 0 Å². The normalized spacial score (nSPS) is 23.3. The van der Waals surface area contributed by atoms with Gasteiger partial charge in [-0.25, -0.2) is 0 Å². The largest absolute Gasteiger partial charge is 0.0641 e. The summed E-state index contributed by atoms with van der Waals surface area (Å²) in [6, 6.07) is 36.8. The zero-order valence-electron chi connectivity index (χ0n) is 23.4. The molecule has 38 heavy (non-hydrogen) atoms. The van der Waals surface area contributed by atoms with E-state index in [0.29, 0.717) is 23.7 Å². The summed E-state index contributed by atoms with van der Waals surface area (Å²) in [5, 5.41) is 0. The van der Waals surface area contributed by atoms with Crippen LogP contribution in [0.1, 0.15) is 73.6 Å². The van der Waals surface area contributed by atoms with Crippen LogP contribution in [0.3, 0.4) is 0 Å². The molecule has 0 amide bonds. The Labute approximate surface area is 229 Å². The van der Waals surface area contributed by atoms with Crippen molar-refractivity contribution in [1.29, 1.82) is 0 Å². The van der Waals surface area contributed by atoms with Crippen LogP contribution in [-0.4, -0.2) is 0 Å². The minimum atomic E-state index is 0.526. The van der Waals surface area contributed by atoms with E-state index in [-0.39, 0.29) is 0 Å². The zero-order chi connectivity index (χ0) is 26.2. The van der Waals surface area contributed by atoms with Crippen LogP contribution in [0.25, 0.3) is 22.3 Å². The fraction of sp³-hybridized carbons (Fsp3) is 0.316. The Bertz CT molecular complexity index is 1310. The maximum atomic E-state index is 2.48.